The van der Waals surface area contributed by atoms with Gasteiger partial charge in [-0.3, -0.25) is 4.79 Å². The number of rotatable bonds is 0. The van der Waals surface area contributed by atoms with E-state index in [1.165, 1.54) is 32.2 Å². The topological polar surface area (TPSA) is 29.1 Å². The average Bonchev–Trinajstić information content (AvgIpc) is 2.28. The first-order chi connectivity index (χ1) is 7.34. The predicted molar refractivity (Wildman–Crippen MR) is 59.5 cm³/mol. The van der Waals surface area contributed by atoms with Crippen LogP contribution in [0.5, 0.6) is 0 Å². The molecule has 0 bridgehead atoms. The summed E-state index contributed by atoms with van der Waals surface area (Å²) in [4.78, 5) is 11.4. The molecule has 2 aliphatic carbocycles. The van der Waals surface area contributed by atoms with E-state index in [1.54, 1.807) is 0 Å². The molecular weight excluding hydrogens is 186 g/mol. The summed E-state index contributed by atoms with van der Waals surface area (Å²) in [6.07, 6.45) is 10.0. The van der Waals surface area contributed by atoms with Crippen molar-refractivity contribution in [2.45, 2.75) is 38.1 Å². The second kappa shape index (κ2) is 3.75. The minimum atomic E-state index is 0.346. The summed E-state index contributed by atoms with van der Waals surface area (Å²) in [6.45, 7) is 1.20. The number of hydrogen-bond acceptors (Lipinski definition) is 2. The Morgan fingerprint density at radius 2 is 2.20 bits per heavy atom. The first-order valence-electron chi connectivity index (χ1n) is 6.29. The van der Waals surface area contributed by atoms with Crippen molar-refractivity contribution >= 4 is 5.78 Å². The Bertz CT molecular complexity index is 297. The molecule has 0 amide bonds. The van der Waals surface area contributed by atoms with Gasteiger partial charge in [-0.15, -0.1) is 0 Å². The molecule has 4 atom stereocenters. The molecule has 82 valence electrons. The van der Waals surface area contributed by atoms with Gasteiger partial charge in [0.05, 0.1) is 0 Å². The van der Waals surface area contributed by atoms with E-state index >= 15 is 0 Å². The van der Waals surface area contributed by atoms with E-state index in [0.29, 0.717) is 17.6 Å². The quantitative estimate of drug-likeness (QED) is 0.654. The van der Waals surface area contributed by atoms with Crippen LogP contribution in [0, 0.1) is 17.8 Å². The molecule has 0 spiro atoms. The number of piperidine rings is 1. The second-order valence-corrected chi connectivity index (χ2v) is 5.31. The van der Waals surface area contributed by atoms with Crippen LogP contribution in [0.1, 0.15) is 32.1 Å². The van der Waals surface area contributed by atoms with E-state index in [9.17, 15) is 4.79 Å². The van der Waals surface area contributed by atoms with Crippen LogP contribution >= 0.6 is 0 Å². The predicted octanol–water partition coefficient (Wildman–Crippen LogP) is 1.91. The Morgan fingerprint density at radius 1 is 1.27 bits per heavy atom. The van der Waals surface area contributed by atoms with Crippen LogP contribution in [0.2, 0.25) is 0 Å². The highest BCUT2D eigenvalue weighted by Crippen LogP contribution is 2.43. The van der Waals surface area contributed by atoms with Gasteiger partial charge in [-0.05, 0) is 56.1 Å². The molecule has 3 aliphatic rings. The fourth-order valence-electron chi connectivity index (χ4n) is 3.77. The SMILES string of the molecule is O=C1C=CC2C(CCC3NCCCC32)C1. The molecule has 3 rings (SSSR count). The molecule has 1 saturated carbocycles. The normalized spacial score (nSPS) is 44.7. The molecule has 1 N–H and O–H groups in total. The third kappa shape index (κ3) is 1.65. The van der Waals surface area contributed by atoms with Crippen molar-refractivity contribution in [3.05, 3.63) is 12.2 Å². The smallest absolute Gasteiger partial charge is 0.155 e. The Hall–Kier alpha value is -0.630. The van der Waals surface area contributed by atoms with Crippen molar-refractivity contribution in [2.24, 2.45) is 17.8 Å². The van der Waals surface area contributed by atoms with Crippen molar-refractivity contribution in [1.82, 2.24) is 5.32 Å². The van der Waals surface area contributed by atoms with Crippen molar-refractivity contribution in [3.63, 3.8) is 0 Å². The molecular formula is C13H19NO. The third-order valence-electron chi connectivity index (χ3n) is 4.49. The van der Waals surface area contributed by atoms with Gasteiger partial charge in [0.15, 0.2) is 5.78 Å². The Kier molecular flexibility index (Phi) is 2.39. The van der Waals surface area contributed by atoms with E-state index < -0.39 is 0 Å². The van der Waals surface area contributed by atoms with Gasteiger partial charge in [0.25, 0.3) is 0 Å². The molecule has 1 heterocycles. The van der Waals surface area contributed by atoms with Gasteiger partial charge in [0.1, 0.15) is 0 Å². The summed E-state index contributed by atoms with van der Waals surface area (Å²) in [6, 6.07) is 0.734. The van der Waals surface area contributed by atoms with Gasteiger partial charge in [-0.2, -0.15) is 0 Å². The van der Waals surface area contributed by atoms with Crippen LogP contribution in [0.4, 0.5) is 0 Å². The lowest BCUT2D eigenvalue weighted by molar-refractivity contribution is -0.117. The van der Waals surface area contributed by atoms with Crippen LogP contribution in [0.15, 0.2) is 12.2 Å². The summed E-state index contributed by atoms with van der Waals surface area (Å²) < 4.78 is 0. The summed E-state index contributed by atoms with van der Waals surface area (Å²) in [5.74, 6) is 2.50. The molecule has 0 aromatic heterocycles. The zero-order valence-corrected chi connectivity index (χ0v) is 9.11. The van der Waals surface area contributed by atoms with Crippen LogP contribution < -0.4 is 5.32 Å². The van der Waals surface area contributed by atoms with Crippen LogP contribution in [-0.4, -0.2) is 18.4 Å². The maximum Gasteiger partial charge on any atom is 0.155 e. The highest BCUT2D eigenvalue weighted by atomic mass is 16.1. The van der Waals surface area contributed by atoms with E-state index in [1.807, 2.05) is 6.08 Å². The van der Waals surface area contributed by atoms with E-state index in [0.717, 1.165) is 18.4 Å². The minimum absolute atomic E-state index is 0.346. The van der Waals surface area contributed by atoms with Crippen LogP contribution in [0.3, 0.4) is 0 Å². The van der Waals surface area contributed by atoms with Crippen molar-refractivity contribution < 1.29 is 4.79 Å². The maximum absolute atomic E-state index is 11.4. The highest BCUT2D eigenvalue weighted by Gasteiger charge is 2.40. The van der Waals surface area contributed by atoms with Crippen LogP contribution in [-0.2, 0) is 4.79 Å². The molecule has 4 unspecified atom stereocenters. The molecule has 0 aromatic rings. The number of nitrogens with one attached hydrogen (secondary N) is 1. The third-order valence-corrected chi connectivity index (χ3v) is 4.49. The highest BCUT2D eigenvalue weighted by molar-refractivity contribution is 5.90. The first-order valence-corrected chi connectivity index (χ1v) is 6.29. The molecule has 15 heavy (non-hydrogen) atoms. The van der Waals surface area contributed by atoms with Gasteiger partial charge in [-0.25, -0.2) is 0 Å². The van der Waals surface area contributed by atoms with E-state index in [2.05, 4.69) is 11.4 Å². The van der Waals surface area contributed by atoms with Gasteiger partial charge in [0.2, 0.25) is 0 Å². The molecule has 2 fully saturated rings. The summed E-state index contributed by atoms with van der Waals surface area (Å²) in [5.41, 5.74) is 0. The summed E-state index contributed by atoms with van der Waals surface area (Å²) in [5, 5.41) is 3.65. The van der Waals surface area contributed by atoms with Gasteiger partial charge >= 0.3 is 0 Å². The fraction of sp³-hybridized carbons (Fsp3) is 0.769. The van der Waals surface area contributed by atoms with E-state index in [-0.39, 0.29) is 0 Å². The number of allylic oxidation sites excluding steroid dienone is 2. The fourth-order valence-corrected chi connectivity index (χ4v) is 3.77. The molecule has 0 aromatic carbocycles. The monoisotopic (exact) mass is 205 g/mol. The largest absolute Gasteiger partial charge is 0.314 e. The van der Waals surface area contributed by atoms with Crippen molar-refractivity contribution in [2.75, 3.05) is 6.54 Å². The zero-order valence-electron chi connectivity index (χ0n) is 9.11. The lowest BCUT2D eigenvalue weighted by Crippen LogP contribution is -2.49. The van der Waals surface area contributed by atoms with Gasteiger partial charge in [0, 0.05) is 12.5 Å². The molecule has 2 nitrogen and oxygen atoms in total. The minimum Gasteiger partial charge on any atom is -0.314 e. The molecule has 1 aliphatic heterocycles. The van der Waals surface area contributed by atoms with E-state index in [4.69, 9.17) is 0 Å². The molecule has 1 saturated heterocycles. The molecule has 2 heteroatoms. The number of hydrogen-bond donors (Lipinski definition) is 1. The van der Waals surface area contributed by atoms with Crippen molar-refractivity contribution in [1.29, 1.82) is 0 Å². The van der Waals surface area contributed by atoms with Gasteiger partial charge < -0.3 is 5.32 Å². The number of carbonyl (C=O) groups excluding carboxylic acids is 1. The van der Waals surface area contributed by atoms with Crippen molar-refractivity contribution in [3.8, 4) is 0 Å². The lowest BCUT2D eigenvalue weighted by Gasteiger charge is -2.46. The number of fused-ring (bicyclic) bond motifs is 3. The summed E-state index contributed by atoms with van der Waals surface area (Å²) >= 11 is 0. The zero-order chi connectivity index (χ0) is 10.3. The molecule has 0 radical (unpaired) electrons. The first kappa shape index (κ1) is 9.59. The van der Waals surface area contributed by atoms with Gasteiger partial charge in [-0.1, -0.05) is 6.08 Å². The number of carbonyl (C=O) groups is 1. The van der Waals surface area contributed by atoms with Crippen LogP contribution in [0.25, 0.3) is 0 Å². The summed E-state index contributed by atoms with van der Waals surface area (Å²) in [7, 11) is 0. The Labute approximate surface area is 91.1 Å². The number of ketones is 1. The average molecular weight is 205 g/mol. The standard InChI is InChI=1S/C13H19NO/c15-10-4-5-11-9(8-10)3-6-13-12(11)2-1-7-14-13/h4-5,9,11-14H,1-3,6-8H2. The maximum atomic E-state index is 11.4. The lowest BCUT2D eigenvalue weighted by atomic mass is 9.64. The Balaban J connectivity index is 1.82. The second-order valence-electron chi connectivity index (χ2n) is 5.31. The Morgan fingerprint density at radius 3 is 3.13 bits per heavy atom.